The van der Waals surface area contributed by atoms with Crippen molar-refractivity contribution in [2.24, 2.45) is 5.73 Å². The van der Waals surface area contributed by atoms with E-state index in [2.05, 4.69) is 16.0 Å². The molecule has 9 nitrogen and oxygen atoms in total. The van der Waals surface area contributed by atoms with Crippen LogP contribution in [0.5, 0.6) is 17.2 Å². The van der Waals surface area contributed by atoms with Gasteiger partial charge in [-0.05, 0) is 72.6 Å². The molecule has 3 amide bonds. The lowest BCUT2D eigenvalue weighted by atomic mass is 10.1. The lowest BCUT2D eigenvalue weighted by Gasteiger charge is -2.23. The number of hydrogen-bond donors (Lipinski definition) is 4. The van der Waals surface area contributed by atoms with Crippen LogP contribution in [0.4, 0.5) is 10.1 Å². The first kappa shape index (κ1) is 36.0. The van der Waals surface area contributed by atoms with Crippen LogP contribution in [-0.2, 0) is 27.5 Å². The molecule has 0 saturated heterocycles. The van der Waals surface area contributed by atoms with E-state index in [4.69, 9.17) is 26.8 Å². The molecule has 46 heavy (non-hydrogen) atoms. The van der Waals surface area contributed by atoms with Crippen molar-refractivity contribution in [1.29, 1.82) is 0 Å². The predicted octanol–water partition coefficient (Wildman–Crippen LogP) is 6.44. The molecule has 12 heteroatoms. The first-order chi connectivity index (χ1) is 21.7. The molecule has 0 spiro atoms. The van der Waals surface area contributed by atoms with E-state index >= 15 is 0 Å². The second kappa shape index (κ2) is 17.3. The molecule has 0 fully saturated rings. The summed E-state index contributed by atoms with van der Waals surface area (Å²) < 4.78 is 26.5. The molecular formula is C34H35Cl2FN4O5. The summed E-state index contributed by atoms with van der Waals surface area (Å²) in [5, 5.41) is 8.47. The van der Waals surface area contributed by atoms with Gasteiger partial charge in [-0.25, -0.2) is 4.39 Å². The van der Waals surface area contributed by atoms with E-state index in [1.807, 2.05) is 6.07 Å². The van der Waals surface area contributed by atoms with Gasteiger partial charge in [0.25, 0.3) is 5.91 Å². The maximum atomic E-state index is 14.1. The first-order valence-corrected chi connectivity index (χ1v) is 14.7. The molecule has 0 radical (unpaired) electrons. The van der Waals surface area contributed by atoms with Gasteiger partial charge in [-0.1, -0.05) is 48.9 Å². The first-order valence-electron chi connectivity index (χ1n) is 14.3. The van der Waals surface area contributed by atoms with Crippen LogP contribution in [0.3, 0.4) is 0 Å². The summed E-state index contributed by atoms with van der Waals surface area (Å²) in [4.78, 5) is 38.5. The molecule has 2 unspecified atom stereocenters. The SMILES string of the molecule is CCC(NCc1ccccc1F)C(=O)NC(=O)C(Oc1ccc(NC(C)=O)cc1)c1ccc(Cl)cc1Oc1cccc(CN)c1.Cl. The van der Waals surface area contributed by atoms with Gasteiger partial charge in [0.05, 0.1) is 6.04 Å². The van der Waals surface area contributed by atoms with Gasteiger partial charge in [0.1, 0.15) is 23.1 Å². The highest BCUT2D eigenvalue weighted by molar-refractivity contribution is 6.30. The van der Waals surface area contributed by atoms with Gasteiger partial charge in [0.2, 0.25) is 17.9 Å². The van der Waals surface area contributed by atoms with Gasteiger partial charge in [0.15, 0.2) is 0 Å². The summed E-state index contributed by atoms with van der Waals surface area (Å²) >= 11 is 6.32. The minimum atomic E-state index is -1.37. The minimum Gasteiger partial charge on any atom is -0.476 e. The van der Waals surface area contributed by atoms with Crippen LogP contribution in [0.15, 0.2) is 91.0 Å². The number of carbonyl (C=O) groups excluding carboxylic acids is 3. The molecule has 0 saturated carbocycles. The summed E-state index contributed by atoms with van der Waals surface area (Å²) in [6.07, 6.45) is -1.04. The Labute approximate surface area is 278 Å². The van der Waals surface area contributed by atoms with Crippen molar-refractivity contribution in [2.45, 2.75) is 45.5 Å². The fourth-order valence-electron chi connectivity index (χ4n) is 4.46. The molecule has 0 aliphatic rings. The molecule has 4 aromatic carbocycles. The third-order valence-corrected chi connectivity index (χ3v) is 6.99. The molecular weight excluding hydrogens is 634 g/mol. The quantitative estimate of drug-likeness (QED) is 0.129. The molecule has 0 heterocycles. The van der Waals surface area contributed by atoms with Crippen molar-refractivity contribution in [1.82, 2.24) is 10.6 Å². The Bertz CT molecular complexity index is 1660. The largest absolute Gasteiger partial charge is 0.476 e. The molecule has 4 aromatic rings. The van der Waals surface area contributed by atoms with E-state index in [1.165, 1.54) is 13.0 Å². The van der Waals surface area contributed by atoms with Crippen molar-refractivity contribution in [3.05, 3.63) is 119 Å². The number of rotatable bonds is 13. The maximum absolute atomic E-state index is 14.1. The standard InChI is InChI=1S/C34H34ClFN4O5.ClH/c1-3-30(38-20-23-8-4-5-10-29(23)36)33(42)40-34(43)32(45-26-14-12-25(13-15-26)39-21(2)41)28-16-11-24(35)18-31(28)44-27-9-6-7-22(17-27)19-37;/h4-18,30,32,38H,3,19-20,37H2,1-2H3,(H,39,41)(H,40,42,43);1H. The zero-order chi connectivity index (χ0) is 32.3. The molecule has 242 valence electrons. The van der Waals surface area contributed by atoms with Crippen molar-refractivity contribution < 1.29 is 28.2 Å². The molecule has 0 aliphatic heterocycles. The number of nitrogens with one attached hydrogen (secondary N) is 3. The highest BCUT2D eigenvalue weighted by Gasteiger charge is 2.30. The zero-order valence-electron chi connectivity index (χ0n) is 25.2. The Morgan fingerprint density at radius 1 is 0.913 bits per heavy atom. The summed E-state index contributed by atoms with van der Waals surface area (Å²) in [5.41, 5.74) is 7.84. The molecule has 5 N–H and O–H groups in total. The van der Waals surface area contributed by atoms with Crippen molar-refractivity contribution in [3.63, 3.8) is 0 Å². The summed E-state index contributed by atoms with van der Waals surface area (Å²) in [6.45, 7) is 3.55. The lowest BCUT2D eigenvalue weighted by Crippen LogP contribution is -2.47. The Hall–Kier alpha value is -4.48. The number of halogens is 3. The molecule has 0 bridgehead atoms. The smallest absolute Gasteiger partial charge is 0.272 e. The van der Waals surface area contributed by atoms with Crippen LogP contribution < -0.4 is 31.2 Å². The van der Waals surface area contributed by atoms with Crippen LogP contribution in [0.2, 0.25) is 5.02 Å². The van der Waals surface area contributed by atoms with Crippen LogP contribution in [0.25, 0.3) is 0 Å². The molecule has 0 aliphatic carbocycles. The maximum Gasteiger partial charge on any atom is 0.272 e. The zero-order valence-corrected chi connectivity index (χ0v) is 26.8. The third-order valence-electron chi connectivity index (χ3n) is 6.75. The molecule has 0 aromatic heterocycles. The topological polar surface area (TPSA) is 132 Å². The Kier molecular flexibility index (Phi) is 13.5. The number of ether oxygens (including phenoxy) is 2. The van der Waals surface area contributed by atoms with Crippen LogP contribution >= 0.6 is 24.0 Å². The highest BCUT2D eigenvalue weighted by atomic mass is 35.5. The number of benzene rings is 4. The van der Waals surface area contributed by atoms with Crippen molar-refractivity contribution in [2.75, 3.05) is 5.32 Å². The Morgan fingerprint density at radius 3 is 2.33 bits per heavy atom. The van der Waals surface area contributed by atoms with Gasteiger partial charge >= 0.3 is 0 Å². The van der Waals surface area contributed by atoms with E-state index in [1.54, 1.807) is 85.8 Å². The van der Waals surface area contributed by atoms with Gasteiger partial charge < -0.3 is 25.8 Å². The molecule has 2 atom stereocenters. The van der Waals surface area contributed by atoms with Gasteiger partial charge in [-0.15, -0.1) is 12.4 Å². The summed E-state index contributed by atoms with van der Waals surface area (Å²) in [7, 11) is 0. The van der Waals surface area contributed by atoms with E-state index < -0.39 is 29.8 Å². The second-order valence-electron chi connectivity index (χ2n) is 10.1. The van der Waals surface area contributed by atoms with E-state index in [0.717, 1.165) is 5.56 Å². The number of nitrogens with two attached hydrogens (primary N) is 1. The number of imide groups is 1. The van der Waals surface area contributed by atoms with E-state index in [0.29, 0.717) is 40.6 Å². The number of amides is 3. The number of hydrogen-bond acceptors (Lipinski definition) is 7. The van der Waals surface area contributed by atoms with Crippen LogP contribution in [-0.4, -0.2) is 23.8 Å². The van der Waals surface area contributed by atoms with E-state index in [-0.39, 0.29) is 36.4 Å². The van der Waals surface area contributed by atoms with Crippen molar-refractivity contribution >= 4 is 47.4 Å². The second-order valence-corrected chi connectivity index (χ2v) is 10.6. The monoisotopic (exact) mass is 668 g/mol. The highest BCUT2D eigenvalue weighted by Crippen LogP contribution is 2.35. The number of anilines is 1. The Balaban J connectivity index is 0.00000576. The van der Waals surface area contributed by atoms with Crippen molar-refractivity contribution in [3.8, 4) is 17.2 Å². The predicted molar refractivity (Wildman–Crippen MR) is 178 cm³/mol. The summed E-state index contributed by atoms with van der Waals surface area (Å²) in [5.74, 6) is -1.05. The Morgan fingerprint density at radius 2 is 1.65 bits per heavy atom. The summed E-state index contributed by atoms with van der Waals surface area (Å²) in [6, 6.07) is 23.7. The van der Waals surface area contributed by atoms with E-state index in [9.17, 15) is 18.8 Å². The van der Waals surface area contributed by atoms with Gasteiger partial charge in [-0.2, -0.15) is 0 Å². The number of carbonyl (C=O) groups is 3. The average molecular weight is 670 g/mol. The average Bonchev–Trinajstić information content (AvgIpc) is 3.02. The minimum absolute atomic E-state index is 0. The van der Waals surface area contributed by atoms with Crippen LogP contribution in [0, 0.1) is 5.82 Å². The normalized spacial score (nSPS) is 11.8. The lowest BCUT2D eigenvalue weighted by molar-refractivity contribution is -0.136. The fourth-order valence-corrected chi connectivity index (χ4v) is 4.62. The fraction of sp³-hybridized carbons (Fsp3) is 0.206. The van der Waals surface area contributed by atoms with Gasteiger partial charge in [-0.3, -0.25) is 19.7 Å². The van der Waals surface area contributed by atoms with Gasteiger partial charge in [0, 0.05) is 41.9 Å². The third kappa shape index (κ3) is 10.0. The van der Waals surface area contributed by atoms with Crippen LogP contribution in [0.1, 0.15) is 43.1 Å². The molecule has 4 rings (SSSR count).